The van der Waals surface area contributed by atoms with Gasteiger partial charge in [0.25, 0.3) is 0 Å². The van der Waals surface area contributed by atoms with Crippen molar-refractivity contribution in [1.29, 1.82) is 5.26 Å². The standard InChI is InChI=1S/C25H21BrN4O4/c1-33-22-14-19(13-21(26)23(22)34-16-18-5-3-2-4-6-18)15-28-30-25(32)24(31)29-20-9-7-17(8-10-20)11-12-27/h2-10,13-15H,11,16H2,1H3,(H,29,31)(H,30,32)/b28-15+. The fraction of sp³-hybridized carbons (Fsp3) is 0.120. The molecule has 0 radical (unpaired) electrons. The van der Waals surface area contributed by atoms with E-state index in [0.29, 0.717) is 33.8 Å². The van der Waals surface area contributed by atoms with E-state index in [-0.39, 0.29) is 6.42 Å². The smallest absolute Gasteiger partial charge is 0.329 e. The van der Waals surface area contributed by atoms with Gasteiger partial charge in [-0.3, -0.25) is 9.59 Å². The molecule has 34 heavy (non-hydrogen) atoms. The summed E-state index contributed by atoms with van der Waals surface area (Å²) in [6, 6.07) is 21.9. The number of benzene rings is 3. The largest absolute Gasteiger partial charge is 0.493 e. The lowest BCUT2D eigenvalue weighted by molar-refractivity contribution is -0.136. The summed E-state index contributed by atoms with van der Waals surface area (Å²) in [6.07, 6.45) is 1.65. The van der Waals surface area contributed by atoms with Gasteiger partial charge in [0, 0.05) is 5.69 Å². The fourth-order valence-corrected chi connectivity index (χ4v) is 3.46. The molecule has 0 spiro atoms. The van der Waals surface area contributed by atoms with Crippen LogP contribution >= 0.6 is 15.9 Å². The molecule has 3 aromatic rings. The summed E-state index contributed by atoms with van der Waals surface area (Å²) in [4.78, 5) is 24.1. The molecule has 0 saturated heterocycles. The van der Waals surface area contributed by atoms with Gasteiger partial charge >= 0.3 is 11.8 Å². The molecule has 8 nitrogen and oxygen atoms in total. The van der Waals surface area contributed by atoms with Crippen LogP contribution in [0.4, 0.5) is 5.69 Å². The average Bonchev–Trinajstić information content (AvgIpc) is 2.85. The van der Waals surface area contributed by atoms with Crippen LogP contribution in [0, 0.1) is 11.3 Å². The third-order valence-electron chi connectivity index (χ3n) is 4.56. The first-order valence-corrected chi connectivity index (χ1v) is 10.9. The highest BCUT2D eigenvalue weighted by Gasteiger charge is 2.14. The molecule has 3 rings (SSSR count). The molecule has 0 aliphatic rings. The number of rotatable bonds is 8. The molecule has 0 fully saturated rings. The van der Waals surface area contributed by atoms with E-state index < -0.39 is 11.8 Å². The van der Waals surface area contributed by atoms with Crippen LogP contribution in [0.1, 0.15) is 16.7 Å². The van der Waals surface area contributed by atoms with Gasteiger partial charge in [-0.05, 0) is 56.9 Å². The van der Waals surface area contributed by atoms with Crippen LogP contribution in [0.2, 0.25) is 0 Å². The maximum absolute atomic E-state index is 12.1. The number of hydrogen-bond acceptors (Lipinski definition) is 6. The maximum Gasteiger partial charge on any atom is 0.329 e. The van der Waals surface area contributed by atoms with Crippen molar-refractivity contribution in [3.05, 3.63) is 87.9 Å². The molecular weight excluding hydrogens is 500 g/mol. The average molecular weight is 521 g/mol. The molecule has 0 heterocycles. The van der Waals surface area contributed by atoms with Crippen molar-refractivity contribution in [2.75, 3.05) is 12.4 Å². The first-order chi connectivity index (χ1) is 16.5. The summed E-state index contributed by atoms with van der Waals surface area (Å²) in [5.74, 6) is -0.775. The Morgan fingerprint density at radius 1 is 1.06 bits per heavy atom. The Balaban J connectivity index is 1.58. The number of ether oxygens (including phenoxy) is 2. The minimum Gasteiger partial charge on any atom is -0.493 e. The zero-order chi connectivity index (χ0) is 24.3. The van der Waals surface area contributed by atoms with Crippen LogP contribution in [0.25, 0.3) is 0 Å². The number of hydrazone groups is 1. The van der Waals surface area contributed by atoms with E-state index >= 15 is 0 Å². The molecule has 0 aliphatic carbocycles. The first-order valence-electron chi connectivity index (χ1n) is 10.1. The summed E-state index contributed by atoms with van der Waals surface area (Å²) in [5.41, 5.74) is 5.07. The van der Waals surface area contributed by atoms with Crippen LogP contribution in [0.5, 0.6) is 11.5 Å². The van der Waals surface area contributed by atoms with Gasteiger partial charge in [-0.25, -0.2) is 5.43 Å². The second-order valence-corrected chi connectivity index (χ2v) is 7.85. The number of methoxy groups -OCH3 is 1. The van der Waals surface area contributed by atoms with E-state index in [4.69, 9.17) is 14.7 Å². The van der Waals surface area contributed by atoms with Crippen LogP contribution in [-0.4, -0.2) is 25.1 Å². The Hall–Kier alpha value is -4.16. The highest BCUT2D eigenvalue weighted by molar-refractivity contribution is 9.10. The number of carbonyl (C=O) groups is 2. The quantitative estimate of drug-likeness (QED) is 0.262. The summed E-state index contributed by atoms with van der Waals surface area (Å²) >= 11 is 3.47. The Morgan fingerprint density at radius 2 is 1.79 bits per heavy atom. The molecular formula is C25H21BrN4O4. The van der Waals surface area contributed by atoms with Gasteiger partial charge in [-0.1, -0.05) is 42.5 Å². The van der Waals surface area contributed by atoms with Crippen LogP contribution < -0.4 is 20.2 Å². The normalized spacial score (nSPS) is 10.4. The van der Waals surface area contributed by atoms with Crippen LogP contribution in [0.3, 0.4) is 0 Å². The summed E-state index contributed by atoms with van der Waals surface area (Å²) in [6.45, 7) is 0.370. The van der Waals surface area contributed by atoms with Gasteiger partial charge in [-0.2, -0.15) is 10.4 Å². The van der Waals surface area contributed by atoms with Crippen molar-refractivity contribution in [2.24, 2.45) is 5.10 Å². The molecule has 2 amide bonds. The number of anilines is 1. The Kier molecular flexibility index (Phi) is 8.77. The first kappa shape index (κ1) is 24.5. The van der Waals surface area contributed by atoms with Gasteiger partial charge in [0.15, 0.2) is 11.5 Å². The summed E-state index contributed by atoms with van der Waals surface area (Å²) in [7, 11) is 1.52. The van der Waals surface area contributed by atoms with E-state index in [1.165, 1.54) is 13.3 Å². The maximum atomic E-state index is 12.1. The monoisotopic (exact) mass is 520 g/mol. The van der Waals surface area contributed by atoms with Crippen molar-refractivity contribution in [3.63, 3.8) is 0 Å². The Morgan fingerprint density at radius 3 is 2.47 bits per heavy atom. The van der Waals surface area contributed by atoms with E-state index in [2.05, 4.69) is 31.8 Å². The lowest BCUT2D eigenvalue weighted by Gasteiger charge is -2.13. The summed E-state index contributed by atoms with van der Waals surface area (Å²) in [5, 5.41) is 15.0. The predicted octanol–water partition coefficient (Wildman–Crippen LogP) is 4.19. The van der Waals surface area contributed by atoms with E-state index in [1.54, 1.807) is 36.4 Å². The number of nitriles is 1. The number of nitrogens with zero attached hydrogens (tertiary/aromatic N) is 2. The topological polar surface area (TPSA) is 113 Å². The molecule has 172 valence electrons. The molecule has 0 bridgehead atoms. The number of carbonyl (C=O) groups excluding carboxylic acids is 2. The number of nitrogens with one attached hydrogen (secondary N) is 2. The molecule has 2 N–H and O–H groups in total. The molecule has 9 heteroatoms. The van der Waals surface area contributed by atoms with Gasteiger partial charge in [0.1, 0.15) is 6.61 Å². The van der Waals surface area contributed by atoms with Crippen molar-refractivity contribution in [3.8, 4) is 17.6 Å². The second kappa shape index (κ2) is 12.2. The van der Waals surface area contributed by atoms with Crippen LogP contribution in [0.15, 0.2) is 76.3 Å². The highest BCUT2D eigenvalue weighted by Crippen LogP contribution is 2.36. The lowest BCUT2D eigenvalue weighted by Crippen LogP contribution is -2.32. The molecule has 0 unspecified atom stereocenters. The number of hydrogen-bond donors (Lipinski definition) is 2. The van der Waals surface area contributed by atoms with Crippen molar-refractivity contribution < 1.29 is 19.1 Å². The van der Waals surface area contributed by atoms with Gasteiger partial charge in [0.2, 0.25) is 0 Å². The zero-order valence-electron chi connectivity index (χ0n) is 18.2. The minimum atomic E-state index is -0.925. The molecule has 3 aromatic carbocycles. The van der Waals surface area contributed by atoms with Crippen molar-refractivity contribution in [1.82, 2.24) is 5.43 Å². The zero-order valence-corrected chi connectivity index (χ0v) is 19.8. The van der Waals surface area contributed by atoms with E-state index in [0.717, 1.165) is 11.1 Å². The number of halogens is 1. The molecule has 0 aromatic heterocycles. The molecule has 0 saturated carbocycles. The Bertz CT molecular complexity index is 1220. The molecule has 0 aliphatic heterocycles. The van der Waals surface area contributed by atoms with E-state index in [9.17, 15) is 9.59 Å². The fourth-order valence-electron chi connectivity index (χ4n) is 2.89. The lowest BCUT2D eigenvalue weighted by atomic mass is 10.1. The minimum absolute atomic E-state index is 0.268. The third kappa shape index (κ3) is 6.92. The third-order valence-corrected chi connectivity index (χ3v) is 5.15. The second-order valence-electron chi connectivity index (χ2n) is 6.99. The van der Waals surface area contributed by atoms with Gasteiger partial charge in [0.05, 0.1) is 30.3 Å². The van der Waals surface area contributed by atoms with Crippen molar-refractivity contribution in [2.45, 2.75) is 13.0 Å². The van der Waals surface area contributed by atoms with E-state index in [1.807, 2.05) is 36.4 Å². The highest BCUT2D eigenvalue weighted by atomic mass is 79.9. The number of amides is 2. The van der Waals surface area contributed by atoms with Crippen molar-refractivity contribution >= 4 is 39.6 Å². The predicted molar refractivity (Wildman–Crippen MR) is 132 cm³/mol. The Labute approximate surface area is 205 Å². The van der Waals surface area contributed by atoms with Gasteiger partial charge in [-0.15, -0.1) is 0 Å². The SMILES string of the molecule is COc1cc(/C=N/NC(=O)C(=O)Nc2ccc(CC#N)cc2)cc(Br)c1OCc1ccccc1. The van der Waals surface area contributed by atoms with Crippen LogP contribution in [-0.2, 0) is 22.6 Å². The molecule has 0 atom stereocenters. The van der Waals surface area contributed by atoms with Gasteiger partial charge < -0.3 is 14.8 Å². The summed E-state index contributed by atoms with van der Waals surface area (Å²) < 4.78 is 12.0.